The zero-order valence-electron chi connectivity index (χ0n) is 10.8. The van der Waals surface area contributed by atoms with Crippen LogP contribution in [0.1, 0.15) is 40.9 Å². The van der Waals surface area contributed by atoms with Gasteiger partial charge in [-0.05, 0) is 35.6 Å². The van der Waals surface area contributed by atoms with Crippen LogP contribution in [0.4, 0.5) is 0 Å². The summed E-state index contributed by atoms with van der Waals surface area (Å²) in [6.07, 6.45) is 1.44. The Morgan fingerprint density at radius 2 is 1.83 bits per heavy atom. The summed E-state index contributed by atoms with van der Waals surface area (Å²) in [6, 6.07) is 3.54. The maximum absolute atomic E-state index is 11.7. The Hall–Kier alpha value is -1.20. The van der Waals surface area contributed by atoms with Crippen LogP contribution >= 0.6 is 0 Å². The van der Waals surface area contributed by atoms with E-state index in [9.17, 15) is 13.6 Å². The highest BCUT2D eigenvalue weighted by Gasteiger charge is 2.14. The molecule has 0 aliphatic carbocycles. The van der Waals surface area contributed by atoms with Crippen molar-refractivity contribution in [2.75, 3.05) is 7.11 Å². The second-order valence-corrected chi connectivity index (χ2v) is 4.82. The number of hydrogen-bond donors (Lipinski definition) is 0. The fourth-order valence-electron chi connectivity index (χ4n) is 1.92. The second kappa shape index (κ2) is 6.66. The van der Waals surface area contributed by atoms with Gasteiger partial charge in [-0.3, -0.25) is 4.21 Å². The first-order valence-corrected chi connectivity index (χ1v) is 7.06. The summed E-state index contributed by atoms with van der Waals surface area (Å²) in [6.45, 7) is 3.91. The van der Waals surface area contributed by atoms with E-state index >= 15 is 0 Å². The fourth-order valence-corrected chi connectivity index (χ4v) is 2.45. The molecule has 1 unspecified atom stereocenters. The first-order valence-electron chi connectivity index (χ1n) is 5.82. The van der Waals surface area contributed by atoms with Crippen LogP contribution in [0.5, 0.6) is 0 Å². The van der Waals surface area contributed by atoms with Gasteiger partial charge in [-0.15, -0.1) is 0 Å². The van der Waals surface area contributed by atoms with Crippen molar-refractivity contribution in [1.82, 2.24) is 0 Å². The third-order valence-electron chi connectivity index (χ3n) is 2.87. The summed E-state index contributed by atoms with van der Waals surface area (Å²) in [5.41, 5.74) is 2.98. The lowest BCUT2D eigenvalue weighted by Gasteiger charge is -2.15. The van der Waals surface area contributed by atoms with Gasteiger partial charge < -0.3 is 9.29 Å². The van der Waals surface area contributed by atoms with Crippen molar-refractivity contribution in [2.24, 2.45) is 0 Å². The zero-order chi connectivity index (χ0) is 13.7. The maximum Gasteiger partial charge on any atom is 0.338 e. The molecule has 0 radical (unpaired) electrons. The predicted octanol–water partition coefficient (Wildman–Crippen LogP) is 1.98. The van der Waals surface area contributed by atoms with Crippen molar-refractivity contribution >= 4 is 17.0 Å². The highest BCUT2D eigenvalue weighted by atomic mass is 32.2. The molecule has 1 aromatic carbocycles. The molecule has 1 atom stereocenters. The van der Waals surface area contributed by atoms with Crippen molar-refractivity contribution in [3.05, 3.63) is 34.4 Å². The minimum absolute atomic E-state index is 0.0723. The van der Waals surface area contributed by atoms with E-state index in [1.807, 2.05) is 19.9 Å². The number of rotatable bonds is 5. The van der Waals surface area contributed by atoms with Gasteiger partial charge in [0.2, 0.25) is 0 Å². The lowest BCUT2D eigenvalue weighted by atomic mass is 9.96. The Balaban J connectivity index is 3.33. The lowest BCUT2D eigenvalue weighted by molar-refractivity contribution is 0.0599. The third kappa shape index (κ3) is 3.40. The van der Waals surface area contributed by atoms with Crippen LogP contribution in [0.2, 0.25) is 0 Å². The maximum atomic E-state index is 11.7. The second-order valence-electron chi connectivity index (χ2n) is 3.92. The Kier molecular flexibility index (Phi) is 5.50. The van der Waals surface area contributed by atoms with Gasteiger partial charge in [0.1, 0.15) is 0 Å². The van der Waals surface area contributed by atoms with Crippen molar-refractivity contribution in [1.29, 1.82) is 0 Å². The standard InChI is InChI=1S/C13H18O4S/c1-4-9-6-10(5-2)12(13(14)17-3)7-11(9)8-18(15)16/h6-7H,4-5,8H2,1-3H3,(H,15,16)/p-1. The average molecular weight is 269 g/mol. The quantitative estimate of drug-likeness (QED) is 0.605. The fraction of sp³-hybridized carbons (Fsp3) is 0.462. The van der Waals surface area contributed by atoms with E-state index in [1.165, 1.54) is 7.11 Å². The molecule has 0 aromatic heterocycles. The van der Waals surface area contributed by atoms with Gasteiger partial charge in [0.05, 0.1) is 12.7 Å². The van der Waals surface area contributed by atoms with Gasteiger partial charge >= 0.3 is 5.97 Å². The van der Waals surface area contributed by atoms with Crippen molar-refractivity contribution in [3.8, 4) is 0 Å². The topological polar surface area (TPSA) is 66.4 Å². The molecule has 0 spiro atoms. The molecule has 0 saturated heterocycles. The smallest absolute Gasteiger partial charge is 0.338 e. The van der Waals surface area contributed by atoms with Gasteiger partial charge in [0.15, 0.2) is 0 Å². The molecule has 0 amide bonds. The molecule has 0 aliphatic heterocycles. The molecule has 0 heterocycles. The molecule has 5 heteroatoms. The number of esters is 1. The number of carbonyl (C=O) groups excluding carboxylic acids is 1. The molecule has 1 rings (SSSR count). The number of ether oxygens (including phenoxy) is 1. The molecule has 18 heavy (non-hydrogen) atoms. The molecule has 0 aliphatic rings. The van der Waals surface area contributed by atoms with E-state index in [-0.39, 0.29) is 5.75 Å². The summed E-state index contributed by atoms with van der Waals surface area (Å²) in [5, 5.41) is 0. The lowest BCUT2D eigenvalue weighted by Crippen LogP contribution is -2.09. The highest BCUT2D eigenvalue weighted by molar-refractivity contribution is 7.78. The third-order valence-corrected chi connectivity index (χ3v) is 3.41. The van der Waals surface area contributed by atoms with Gasteiger partial charge in [-0.2, -0.15) is 0 Å². The van der Waals surface area contributed by atoms with Gasteiger partial charge in [-0.25, -0.2) is 4.79 Å². The van der Waals surface area contributed by atoms with Crippen LogP contribution < -0.4 is 0 Å². The van der Waals surface area contributed by atoms with E-state index in [1.54, 1.807) is 6.07 Å². The summed E-state index contributed by atoms with van der Waals surface area (Å²) >= 11 is -2.16. The highest BCUT2D eigenvalue weighted by Crippen LogP contribution is 2.20. The summed E-state index contributed by atoms with van der Waals surface area (Å²) in [7, 11) is 1.32. The van der Waals surface area contributed by atoms with E-state index < -0.39 is 17.0 Å². The van der Waals surface area contributed by atoms with Crippen LogP contribution in [-0.4, -0.2) is 21.8 Å². The van der Waals surface area contributed by atoms with E-state index in [2.05, 4.69) is 0 Å². The van der Waals surface area contributed by atoms with Crippen molar-refractivity contribution in [2.45, 2.75) is 32.4 Å². The molecular weight excluding hydrogens is 252 g/mol. The molecule has 100 valence electrons. The molecule has 0 bridgehead atoms. The first-order chi connectivity index (χ1) is 8.53. The van der Waals surface area contributed by atoms with Gasteiger partial charge in [-0.1, -0.05) is 31.0 Å². The average Bonchev–Trinajstić information content (AvgIpc) is 2.36. The van der Waals surface area contributed by atoms with E-state index in [0.717, 1.165) is 17.5 Å². The van der Waals surface area contributed by atoms with Crippen LogP contribution in [0.25, 0.3) is 0 Å². The van der Waals surface area contributed by atoms with Crippen LogP contribution in [0, 0.1) is 0 Å². The minimum Gasteiger partial charge on any atom is -0.772 e. The monoisotopic (exact) mass is 269 g/mol. The van der Waals surface area contributed by atoms with Gasteiger partial charge in [0, 0.05) is 5.75 Å². The number of benzene rings is 1. The minimum atomic E-state index is -2.16. The predicted molar refractivity (Wildman–Crippen MR) is 69.2 cm³/mol. The summed E-state index contributed by atoms with van der Waals surface area (Å²) < 4.78 is 26.4. The van der Waals surface area contributed by atoms with E-state index in [4.69, 9.17) is 4.74 Å². The zero-order valence-corrected chi connectivity index (χ0v) is 11.6. The largest absolute Gasteiger partial charge is 0.772 e. The molecule has 0 N–H and O–H groups in total. The first kappa shape index (κ1) is 14.9. The number of aryl methyl sites for hydroxylation is 2. The van der Waals surface area contributed by atoms with Crippen molar-refractivity contribution < 1.29 is 18.3 Å². The Morgan fingerprint density at radius 3 is 2.28 bits per heavy atom. The van der Waals surface area contributed by atoms with Gasteiger partial charge in [0.25, 0.3) is 0 Å². The van der Waals surface area contributed by atoms with Crippen LogP contribution in [0.15, 0.2) is 12.1 Å². The summed E-state index contributed by atoms with van der Waals surface area (Å²) in [4.78, 5) is 11.7. The molecule has 1 aromatic rings. The SMILES string of the molecule is CCc1cc(CC)c(C(=O)OC)cc1CS(=O)[O-]. The Bertz CT molecular complexity index is 468. The molecule has 0 fully saturated rings. The van der Waals surface area contributed by atoms with Crippen molar-refractivity contribution in [3.63, 3.8) is 0 Å². The van der Waals surface area contributed by atoms with E-state index in [0.29, 0.717) is 17.5 Å². The van der Waals surface area contributed by atoms with Crippen LogP contribution in [-0.2, 0) is 34.4 Å². The Labute approximate surface area is 110 Å². The molecular formula is C13H17O4S-. The Morgan fingerprint density at radius 1 is 1.22 bits per heavy atom. The molecule has 4 nitrogen and oxygen atoms in total. The van der Waals surface area contributed by atoms with Crippen LogP contribution in [0.3, 0.4) is 0 Å². The molecule has 0 saturated carbocycles. The normalized spacial score (nSPS) is 12.2. The summed E-state index contributed by atoms with van der Waals surface area (Å²) in [5.74, 6) is -0.496. The number of methoxy groups -OCH3 is 1. The number of hydrogen-bond acceptors (Lipinski definition) is 4. The number of carbonyl (C=O) groups is 1.